The summed E-state index contributed by atoms with van der Waals surface area (Å²) in [5, 5.41) is 3.00. The molecule has 4 nitrogen and oxygen atoms in total. The summed E-state index contributed by atoms with van der Waals surface area (Å²) in [4.78, 5) is 27.4. The van der Waals surface area contributed by atoms with Crippen molar-refractivity contribution in [1.29, 1.82) is 0 Å². The van der Waals surface area contributed by atoms with Gasteiger partial charge in [-0.1, -0.05) is 28.1 Å². The van der Waals surface area contributed by atoms with Gasteiger partial charge < -0.3 is 10.2 Å². The van der Waals surface area contributed by atoms with Gasteiger partial charge in [-0.3, -0.25) is 9.59 Å². The molecule has 2 aliphatic rings. The third kappa shape index (κ3) is 3.83. The molecule has 0 aromatic heterocycles. The number of hydrogen-bond acceptors (Lipinski definition) is 2. The van der Waals surface area contributed by atoms with Gasteiger partial charge in [-0.2, -0.15) is 0 Å². The summed E-state index contributed by atoms with van der Waals surface area (Å²) in [6.45, 7) is 1.29. The van der Waals surface area contributed by atoms with Gasteiger partial charge in [0.15, 0.2) is 0 Å². The second-order valence-corrected chi connectivity index (χ2v) is 8.55. The Morgan fingerprint density at radius 2 is 1.61 bits per heavy atom. The van der Waals surface area contributed by atoms with Crippen molar-refractivity contribution in [1.82, 2.24) is 10.2 Å². The molecule has 0 bridgehead atoms. The number of carbonyl (C=O) groups excluding carboxylic acids is 2. The second-order valence-electron chi connectivity index (χ2n) is 7.64. The minimum Gasteiger partial charge on any atom is -0.349 e. The molecule has 2 aromatic rings. The molecule has 1 saturated heterocycles. The van der Waals surface area contributed by atoms with E-state index in [4.69, 9.17) is 0 Å². The number of rotatable bonds is 4. The highest BCUT2D eigenvalue weighted by Gasteiger charge is 2.53. The summed E-state index contributed by atoms with van der Waals surface area (Å²) in [5.74, 6) is -0.348. The van der Waals surface area contributed by atoms with Crippen LogP contribution in [0.1, 0.15) is 41.6 Å². The Morgan fingerprint density at radius 1 is 1.00 bits per heavy atom. The van der Waals surface area contributed by atoms with Crippen LogP contribution in [0.3, 0.4) is 0 Å². The molecule has 1 aliphatic heterocycles. The molecule has 1 N–H and O–H groups in total. The standard InChI is InChI=1S/C22H22BrFN2O2/c23-17-5-3-16(4-6-17)22(11-12-22)21(28)26-13-9-19(10-14-26)25-20(27)15-1-7-18(24)8-2-15/h1-8,19H,9-14H2,(H,25,27). The molecule has 2 amide bonds. The Morgan fingerprint density at radius 3 is 2.18 bits per heavy atom. The van der Waals surface area contributed by atoms with Crippen molar-refractivity contribution >= 4 is 27.7 Å². The van der Waals surface area contributed by atoms with Crippen LogP contribution in [0.25, 0.3) is 0 Å². The predicted octanol–water partition coefficient (Wildman–Crippen LogP) is 4.04. The largest absolute Gasteiger partial charge is 0.349 e. The zero-order chi connectivity index (χ0) is 19.7. The minimum atomic E-state index is -0.358. The zero-order valence-electron chi connectivity index (χ0n) is 15.5. The van der Waals surface area contributed by atoms with Gasteiger partial charge in [-0.05, 0) is 67.6 Å². The molecule has 0 atom stereocenters. The van der Waals surface area contributed by atoms with Crippen molar-refractivity contribution in [2.24, 2.45) is 0 Å². The fourth-order valence-corrected chi connectivity index (χ4v) is 4.18. The van der Waals surface area contributed by atoms with E-state index in [2.05, 4.69) is 21.2 Å². The Kier molecular flexibility index (Phi) is 5.23. The Balaban J connectivity index is 1.34. The number of piperidine rings is 1. The Bertz CT molecular complexity index is 870. The molecule has 146 valence electrons. The lowest BCUT2D eigenvalue weighted by Crippen LogP contribution is -2.49. The van der Waals surface area contributed by atoms with E-state index in [0.29, 0.717) is 18.7 Å². The molecule has 0 unspecified atom stereocenters. The average Bonchev–Trinajstić information content (AvgIpc) is 3.51. The predicted molar refractivity (Wildman–Crippen MR) is 109 cm³/mol. The second kappa shape index (κ2) is 7.66. The van der Waals surface area contributed by atoms with Crippen LogP contribution in [0.15, 0.2) is 53.0 Å². The van der Waals surface area contributed by atoms with Crippen LogP contribution in [-0.2, 0) is 10.2 Å². The van der Waals surface area contributed by atoms with Crippen molar-refractivity contribution in [3.63, 3.8) is 0 Å². The lowest BCUT2D eigenvalue weighted by molar-refractivity contribution is -0.135. The first kappa shape index (κ1) is 19.1. The smallest absolute Gasteiger partial charge is 0.251 e. The van der Waals surface area contributed by atoms with Crippen LogP contribution in [0.4, 0.5) is 4.39 Å². The van der Waals surface area contributed by atoms with Gasteiger partial charge in [0.1, 0.15) is 5.82 Å². The lowest BCUT2D eigenvalue weighted by Gasteiger charge is -2.35. The monoisotopic (exact) mass is 444 g/mol. The van der Waals surface area contributed by atoms with E-state index in [0.717, 1.165) is 35.7 Å². The number of likely N-dealkylation sites (tertiary alicyclic amines) is 1. The lowest BCUT2D eigenvalue weighted by atomic mass is 9.93. The first-order chi connectivity index (χ1) is 13.5. The molecule has 1 heterocycles. The van der Waals surface area contributed by atoms with E-state index in [1.54, 1.807) is 0 Å². The minimum absolute atomic E-state index is 0.0319. The molecule has 6 heteroatoms. The fourth-order valence-electron chi connectivity index (χ4n) is 3.92. The number of nitrogens with zero attached hydrogens (tertiary/aromatic N) is 1. The Labute approximate surface area is 172 Å². The van der Waals surface area contributed by atoms with Crippen molar-refractivity contribution in [3.8, 4) is 0 Å². The van der Waals surface area contributed by atoms with Crippen molar-refractivity contribution in [2.75, 3.05) is 13.1 Å². The summed E-state index contributed by atoms with van der Waals surface area (Å²) in [6.07, 6.45) is 3.26. The average molecular weight is 445 g/mol. The summed E-state index contributed by atoms with van der Waals surface area (Å²) >= 11 is 3.44. The third-order valence-corrected chi connectivity index (χ3v) is 6.31. The molecule has 4 rings (SSSR count). The summed E-state index contributed by atoms with van der Waals surface area (Å²) in [7, 11) is 0. The number of benzene rings is 2. The maximum atomic E-state index is 13.1. The molecule has 1 saturated carbocycles. The van der Waals surface area contributed by atoms with Gasteiger partial charge in [-0.15, -0.1) is 0 Å². The normalized spacial score (nSPS) is 18.6. The molecule has 28 heavy (non-hydrogen) atoms. The van der Waals surface area contributed by atoms with E-state index < -0.39 is 0 Å². The van der Waals surface area contributed by atoms with E-state index in [-0.39, 0.29) is 29.1 Å². The number of amides is 2. The highest BCUT2D eigenvalue weighted by molar-refractivity contribution is 9.10. The maximum Gasteiger partial charge on any atom is 0.251 e. The first-order valence-corrected chi connectivity index (χ1v) is 10.4. The SMILES string of the molecule is O=C(NC1CCN(C(=O)C2(c3ccc(Br)cc3)CC2)CC1)c1ccc(F)cc1. The fraction of sp³-hybridized carbons (Fsp3) is 0.364. The van der Waals surface area contributed by atoms with E-state index in [9.17, 15) is 14.0 Å². The topological polar surface area (TPSA) is 49.4 Å². The van der Waals surface area contributed by atoms with Crippen LogP contribution in [-0.4, -0.2) is 35.8 Å². The van der Waals surface area contributed by atoms with Crippen molar-refractivity contribution < 1.29 is 14.0 Å². The molecule has 0 radical (unpaired) electrons. The number of nitrogens with one attached hydrogen (secondary N) is 1. The van der Waals surface area contributed by atoms with Crippen LogP contribution in [0, 0.1) is 5.82 Å². The maximum absolute atomic E-state index is 13.1. The summed E-state index contributed by atoms with van der Waals surface area (Å²) < 4.78 is 14.0. The van der Waals surface area contributed by atoms with E-state index in [1.807, 2.05) is 29.2 Å². The van der Waals surface area contributed by atoms with Gasteiger partial charge in [-0.25, -0.2) is 4.39 Å². The highest BCUT2D eigenvalue weighted by Crippen LogP contribution is 2.50. The summed E-state index contributed by atoms with van der Waals surface area (Å²) in [5.41, 5.74) is 1.18. The highest BCUT2D eigenvalue weighted by atomic mass is 79.9. The molecule has 2 fully saturated rings. The quantitative estimate of drug-likeness (QED) is 0.773. The van der Waals surface area contributed by atoms with Crippen molar-refractivity contribution in [3.05, 3.63) is 69.9 Å². The number of halogens is 2. The van der Waals surface area contributed by atoms with Gasteiger partial charge in [0.05, 0.1) is 5.41 Å². The molecule has 2 aromatic carbocycles. The van der Waals surface area contributed by atoms with E-state index in [1.165, 1.54) is 24.3 Å². The van der Waals surface area contributed by atoms with Crippen LogP contribution in [0.2, 0.25) is 0 Å². The number of carbonyl (C=O) groups is 2. The number of hydrogen-bond donors (Lipinski definition) is 1. The molecule has 0 spiro atoms. The summed E-state index contributed by atoms with van der Waals surface area (Å²) in [6, 6.07) is 13.6. The van der Waals surface area contributed by atoms with Gasteiger partial charge >= 0.3 is 0 Å². The van der Waals surface area contributed by atoms with Gasteiger partial charge in [0.2, 0.25) is 5.91 Å². The first-order valence-electron chi connectivity index (χ1n) is 9.60. The zero-order valence-corrected chi connectivity index (χ0v) is 17.0. The van der Waals surface area contributed by atoms with E-state index >= 15 is 0 Å². The Hall–Kier alpha value is -2.21. The van der Waals surface area contributed by atoms with Crippen LogP contribution >= 0.6 is 15.9 Å². The molecule has 1 aliphatic carbocycles. The van der Waals surface area contributed by atoms with Gasteiger partial charge in [0, 0.05) is 29.2 Å². The van der Waals surface area contributed by atoms with Crippen LogP contribution in [0.5, 0.6) is 0 Å². The molecular formula is C22H22BrFN2O2. The van der Waals surface area contributed by atoms with Crippen LogP contribution < -0.4 is 5.32 Å². The van der Waals surface area contributed by atoms with Gasteiger partial charge in [0.25, 0.3) is 5.91 Å². The molecular weight excluding hydrogens is 423 g/mol. The third-order valence-electron chi connectivity index (χ3n) is 5.78. The van der Waals surface area contributed by atoms with Crippen molar-refractivity contribution in [2.45, 2.75) is 37.1 Å².